The van der Waals surface area contributed by atoms with Gasteiger partial charge in [-0.25, -0.2) is 9.18 Å². The number of esters is 2. The van der Waals surface area contributed by atoms with E-state index < -0.39 is 58.2 Å². The fraction of sp³-hybridized carbons (Fsp3) is 0.556. The van der Waals surface area contributed by atoms with Crippen molar-refractivity contribution in [3.63, 3.8) is 0 Å². The molecule has 2 aliphatic rings. The molecule has 1 N–H and O–H groups in total. The highest BCUT2D eigenvalue weighted by Gasteiger charge is 2.52. The maximum Gasteiger partial charge on any atom is 0.400 e. The van der Waals surface area contributed by atoms with Crippen LogP contribution < -0.4 is 4.74 Å². The largest absolute Gasteiger partial charge is 0.465 e. The lowest BCUT2D eigenvalue weighted by molar-refractivity contribution is -0.184. The van der Waals surface area contributed by atoms with Crippen molar-refractivity contribution in [3.8, 4) is 5.75 Å². The molecule has 0 bridgehead atoms. The van der Waals surface area contributed by atoms with Gasteiger partial charge in [0.25, 0.3) is 5.79 Å². The predicted molar refractivity (Wildman–Crippen MR) is 107 cm³/mol. The fourth-order valence-electron chi connectivity index (χ4n) is 3.41. The van der Waals surface area contributed by atoms with Gasteiger partial charge in [-0.3, -0.25) is 9.35 Å². The van der Waals surface area contributed by atoms with E-state index in [0.29, 0.717) is 11.3 Å². The summed E-state index contributed by atoms with van der Waals surface area (Å²) in [5, 5.41) is -4.99. The molecule has 1 saturated carbocycles. The molecule has 1 fully saturated rings. The molecule has 3 rings (SSSR count). The van der Waals surface area contributed by atoms with Crippen LogP contribution in [0.2, 0.25) is 0 Å². The molecule has 1 atom stereocenters. The Morgan fingerprint density at radius 3 is 2.58 bits per heavy atom. The number of carbonyl (C=O) groups excluding carboxylic acids is 2. The number of benzene rings is 1. The van der Waals surface area contributed by atoms with Crippen molar-refractivity contribution in [1.82, 2.24) is 0 Å². The highest BCUT2D eigenvalue weighted by molar-refractivity contribution is 14.1. The maximum absolute atomic E-state index is 13.5. The normalized spacial score (nSPS) is 24.7. The molecule has 0 radical (unpaired) electrons. The summed E-state index contributed by atoms with van der Waals surface area (Å²) in [7, 11) is -5.92. The lowest BCUT2D eigenvalue weighted by Crippen LogP contribution is -2.48. The van der Waals surface area contributed by atoms with Crippen LogP contribution in [0.15, 0.2) is 18.2 Å². The van der Waals surface area contributed by atoms with Crippen molar-refractivity contribution >= 4 is 44.6 Å². The molecule has 0 saturated heterocycles. The summed E-state index contributed by atoms with van der Waals surface area (Å²) in [5.41, 5.74) is 0.307. The van der Waals surface area contributed by atoms with Crippen LogP contribution in [-0.2, 0) is 24.4 Å². The molecule has 1 aromatic carbocycles. The van der Waals surface area contributed by atoms with Crippen LogP contribution in [0.4, 0.5) is 13.2 Å². The quantitative estimate of drug-likeness (QED) is 0.310. The minimum atomic E-state index is -5.92. The van der Waals surface area contributed by atoms with Gasteiger partial charge in [-0.1, -0.05) is 6.07 Å². The Bertz CT molecular complexity index is 976. The third kappa shape index (κ3) is 4.92. The number of ether oxygens (including phenoxy) is 3. The maximum atomic E-state index is 13.5. The van der Waals surface area contributed by atoms with Crippen molar-refractivity contribution in [1.29, 1.82) is 0 Å². The minimum absolute atomic E-state index is 0.190. The fourth-order valence-corrected chi connectivity index (χ4v) is 4.46. The smallest absolute Gasteiger partial charge is 0.400 e. The van der Waals surface area contributed by atoms with Crippen molar-refractivity contribution < 1.29 is 49.9 Å². The molecule has 1 aliphatic heterocycles. The summed E-state index contributed by atoms with van der Waals surface area (Å²) in [5.74, 6) is -2.76. The third-order valence-corrected chi connectivity index (χ3v) is 6.95. The molecular formula is C18H18F3IO8S. The molecule has 1 aliphatic carbocycles. The van der Waals surface area contributed by atoms with Crippen LogP contribution in [0.1, 0.15) is 42.5 Å². The Kier molecular flexibility index (Phi) is 6.77. The second-order valence-corrected chi connectivity index (χ2v) is 9.91. The van der Waals surface area contributed by atoms with E-state index in [1.807, 2.05) is 22.6 Å². The van der Waals surface area contributed by atoms with E-state index >= 15 is 0 Å². The molecule has 0 amide bonds. The van der Waals surface area contributed by atoms with Gasteiger partial charge in [0.1, 0.15) is 5.56 Å². The number of rotatable bonds is 6. The first-order chi connectivity index (χ1) is 14.4. The zero-order valence-electron chi connectivity index (χ0n) is 15.9. The zero-order valence-corrected chi connectivity index (χ0v) is 18.8. The van der Waals surface area contributed by atoms with Crippen LogP contribution in [-0.4, -0.2) is 48.7 Å². The third-order valence-electron chi connectivity index (χ3n) is 5.16. The van der Waals surface area contributed by atoms with Crippen molar-refractivity contribution in [2.45, 2.75) is 49.3 Å². The molecule has 31 heavy (non-hydrogen) atoms. The highest BCUT2D eigenvalue weighted by atomic mass is 127. The van der Waals surface area contributed by atoms with Gasteiger partial charge in [0.2, 0.25) is 0 Å². The molecule has 1 heterocycles. The Morgan fingerprint density at radius 1 is 1.32 bits per heavy atom. The van der Waals surface area contributed by atoms with Gasteiger partial charge in [0.15, 0.2) is 11.9 Å². The van der Waals surface area contributed by atoms with Crippen LogP contribution in [0.25, 0.3) is 0 Å². The second kappa shape index (κ2) is 8.73. The van der Waals surface area contributed by atoms with Crippen LogP contribution >= 0.6 is 22.6 Å². The topological polar surface area (TPSA) is 116 Å². The van der Waals surface area contributed by atoms with E-state index in [9.17, 15) is 31.2 Å². The minimum Gasteiger partial charge on any atom is -0.465 e. The second-order valence-electron chi connectivity index (χ2n) is 7.25. The first-order valence-corrected chi connectivity index (χ1v) is 11.7. The molecule has 1 unspecified atom stereocenters. The summed E-state index contributed by atoms with van der Waals surface area (Å²) in [6.45, 7) is -0.788. The lowest BCUT2D eigenvalue weighted by Gasteiger charge is -2.41. The number of hydrogen-bond acceptors (Lipinski definition) is 7. The van der Waals surface area contributed by atoms with E-state index in [1.54, 1.807) is 18.2 Å². The number of hydrogen-bond donors (Lipinski definition) is 1. The molecule has 13 heteroatoms. The molecule has 1 aromatic rings. The predicted octanol–water partition coefficient (Wildman–Crippen LogP) is 3.48. The summed E-state index contributed by atoms with van der Waals surface area (Å²) in [6.07, 6.45) is -3.53. The molecule has 1 spiro atoms. The van der Waals surface area contributed by atoms with Crippen LogP contribution in [0.3, 0.4) is 0 Å². The summed E-state index contributed by atoms with van der Waals surface area (Å²) >= 11 is 2.03. The number of alkyl halides is 3. The van der Waals surface area contributed by atoms with Crippen molar-refractivity contribution in [3.05, 3.63) is 27.3 Å². The van der Waals surface area contributed by atoms with E-state index in [2.05, 4.69) is 0 Å². The summed E-state index contributed by atoms with van der Waals surface area (Å²) in [4.78, 5) is 24.5. The van der Waals surface area contributed by atoms with Gasteiger partial charge < -0.3 is 14.2 Å². The summed E-state index contributed by atoms with van der Waals surface area (Å²) < 4.78 is 86.1. The lowest BCUT2D eigenvalue weighted by atomic mass is 9.84. The average Bonchev–Trinajstić information content (AvgIpc) is 2.68. The average molecular weight is 578 g/mol. The van der Waals surface area contributed by atoms with Crippen molar-refractivity contribution in [2.24, 2.45) is 5.92 Å². The molecular weight excluding hydrogens is 560 g/mol. The van der Waals surface area contributed by atoms with Gasteiger partial charge in [-0.15, -0.1) is 0 Å². The zero-order chi connectivity index (χ0) is 23.0. The van der Waals surface area contributed by atoms with Crippen LogP contribution in [0.5, 0.6) is 5.75 Å². The monoisotopic (exact) mass is 578 g/mol. The first-order valence-electron chi connectivity index (χ1n) is 9.23. The van der Waals surface area contributed by atoms with Crippen LogP contribution in [0, 0.1) is 9.49 Å². The van der Waals surface area contributed by atoms with Gasteiger partial charge in [-0.2, -0.15) is 17.2 Å². The Hall–Kier alpha value is -1.61. The van der Waals surface area contributed by atoms with Crippen molar-refractivity contribution in [2.75, 3.05) is 6.61 Å². The summed E-state index contributed by atoms with van der Waals surface area (Å²) in [6, 6.07) is 5.06. The molecule has 172 valence electrons. The van der Waals surface area contributed by atoms with E-state index in [-0.39, 0.29) is 25.7 Å². The van der Waals surface area contributed by atoms with E-state index in [4.69, 9.17) is 18.8 Å². The standard InChI is InChI=1S/C18H18F3IO8S/c19-13(18(20,21)31(25,26)27)6-9-28-15(23)10-4-7-17(8-5-10)29-14-11(16(24)30-17)2-1-3-12(14)22/h1-3,10,13H,4-9H2,(H,25,26,27). The highest BCUT2D eigenvalue weighted by Crippen LogP contribution is 2.43. The van der Waals surface area contributed by atoms with Gasteiger partial charge in [0.05, 0.1) is 16.1 Å². The molecule has 0 aromatic heterocycles. The van der Waals surface area contributed by atoms with Gasteiger partial charge in [0, 0.05) is 19.3 Å². The molecule has 8 nitrogen and oxygen atoms in total. The SMILES string of the molecule is O=C1OC2(CCC(C(=O)OCCC(F)C(F)(F)S(=O)(=O)O)CC2)Oc2c(I)cccc21. The van der Waals surface area contributed by atoms with Gasteiger partial charge >= 0.3 is 27.3 Å². The first kappa shape index (κ1) is 24.0. The number of para-hydroxylation sites is 1. The van der Waals surface area contributed by atoms with Gasteiger partial charge in [-0.05, 0) is 47.6 Å². The Labute approximate surface area is 189 Å². The number of halogens is 4. The Morgan fingerprint density at radius 2 is 1.97 bits per heavy atom. The number of fused-ring (bicyclic) bond motifs is 1. The Balaban J connectivity index is 1.53. The van der Waals surface area contributed by atoms with E-state index in [1.165, 1.54) is 0 Å². The number of carbonyl (C=O) groups is 2. The van der Waals surface area contributed by atoms with E-state index in [0.717, 1.165) is 3.57 Å².